The van der Waals surface area contributed by atoms with E-state index in [4.69, 9.17) is 0 Å². The predicted molar refractivity (Wildman–Crippen MR) is 252 cm³/mol. The summed E-state index contributed by atoms with van der Waals surface area (Å²) in [6.45, 7) is 1.52. The Labute approximate surface area is 352 Å². The standard InChI is InChI=1S/C56H42N4/c1-3-18-45(19-4-1)57-39-59(55-28-13-11-26-53(55)57)47-34-30-41(31-35-47)49-22-7-9-24-51(49)43-16-15-17-44(38-43)52-25-10-8-23-50(52)42-32-36-48(37-33-42)60-40-58(46-20-5-2-6-21-46)54-27-12-14-29-56(54)60/h1-38H,39-40H2. The van der Waals surface area contributed by atoms with Gasteiger partial charge in [-0.1, -0.05) is 152 Å². The van der Waals surface area contributed by atoms with Crippen molar-refractivity contribution >= 4 is 45.5 Å². The number of nitrogens with zero attached hydrogens (tertiary/aromatic N) is 4. The molecule has 0 saturated carbocycles. The minimum atomic E-state index is 0.762. The molecule has 0 fully saturated rings. The van der Waals surface area contributed by atoms with Crippen LogP contribution >= 0.6 is 0 Å². The number of benzene rings is 9. The fraction of sp³-hybridized carbons (Fsp3) is 0.0357. The van der Waals surface area contributed by atoms with Gasteiger partial charge in [0.05, 0.1) is 22.7 Å². The summed E-state index contributed by atoms with van der Waals surface area (Å²) in [6.07, 6.45) is 0. The number of fused-ring (bicyclic) bond motifs is 2. The van der Waals surface area contributed by atoms with E-state index in [0.717, 1.165) is 13.3 Å². The van der Waals surface area contributed by atoms with Crippen LogP contribution in [-0.4, -0.2) is 13.3 Å². The molecule has 0 atom stereocenters. The first-order chi connectivity index (χ1) is 29.8. The lowest BCUT2D eigenvalue weighted by atomic mass is 9.90. The van der Waals surface area contributed by atoms with Crippen LogP contribution < -0.4 is 19.6 Å². The highest BCUT2D eigenvalue weighted by Crippen LogP contribution is 2.46. The Morgan fingerprint density at radius 1 is 0.217 bits per heavy atom. The van der Waals surface area contributed by atoms with Crippen LogP contribution in [0.15, 0.2) is 231 Å². The van der Waals surface area contributed by atoms with Gasteiger partial charge < -0.3 is 19.6 Å². The van der Waals surface area contributed by atoms with E-state index in [1.165, 1.54) is 90.0 Å². The van der Waals surface area contributed by atoms with E-state index in [2.05, 4.69) is 250 Å². The Kier molecular flexibility index (Phi) is 8.94. The lowest BCUT2D eigenvalue weighted by Gasteiger charge is -2.22. The Balaban J connectivity index is 0.872. The second kappa shape index (κ2) is 15.2. The summed E-state index contributed by atoms with van der Waals surface area (Å²) in [7, 11) is 0. The third-order valence-corrected chi connectivity index (χ3v) is 11.9. The molecular formula is C56H42N4. The van der Waals surface area contributed by atoms with Crippen LogP contribution in [-0.2, 0) is 0 Å². The molecule has 0 aliphatic carbocycles. The largest absolute Gasteiger partial charge is 0.321 e. The van der Waals surface area contributed by atoms with Crippen LogP contribution in [0.1, 0.15) is 0 Å². The molecule has 0 saturated heterocycles. The van der Waals surface area contributed by atoms with E-state index in [0.29, 0.717) is 0 Å². The van der Waals surface area contributed by atoms with Gasteiger partial charge in [-0.3, -0.25) is 0 Å². The normalized spacial score (nSPS) is 13.1. The molecule has 11 rings (SSSR count). The number of hydrogen-bond acceptors (Lipinski definition) is 4. The van der Waals surface area contributed by atoms with Gasteiger partial charge in [-0.2, -0.15) is 0 Å². The molecule has 2 aliphatic heterocycles. The molecule has 0 spiro atoms. The first-order valence-corrected chi connectivity index (χ1v) is 20.6. The topological polar surface area (TPSA) is 13.0 Å². The van der Waals surface area contributed by atoms with E-state index in [-0.39, 0.29) is 0 Å². The summed E-state index contributed by atoms with van der Waals surface area (Å²) in [4.78, 5) is 9.56. The second-order valence-corrected chi connectivity index (χ2v) is 15.4. The highest BCUT2D eigenvalue weighted by molar-refractivity contribution is 5.92. The van der Waals surface area contributed by atoms with E-state index in [9.17, 15) is 0 Å². The highest BCUT2D eigenvalue weighted by atomic mass is 15.4. The third kappa shape index (κ3) is 6.36. The summed E-state index contributed by atoms with van der Waals surface area (Å²) in [6, 6.07) is 83.3. The molecular weight excluding hydrogens is 729 g/mol. The molecule has 0 unspecified atom stereocenters. The smallest absolute Gasteiger partial charge is 0.100 e. The number of anilines is 8. The van der Waals surface area contributed by atoms with E-state index >= 15 is 0 Å². The van der Waals surface area contributed by atoms with Crippen molar-refractivity contribution < 1.29 is 0 Å². The third-order valence-electron chi connectivity index (χ3n) is 11.9. The van der Waals surface area contributed by atoms with Gasteiger partial charge >= 0.3 is 0 Å². The minimum absolute atomic E-state index is 0.762. The first-order valence-electron chi connectivity index (χ1n) is 20.6. The average molecular weight is 771 g/mol. The summed E-state index contributed by atoms with van der Waals surface area (Å²) in [5.74, 6) is 0. The molecule has 4 heteroatoms. The molecule has 2 heterocycles. The van der Waals surface area contributed by atoms with Crippen molar-refractivity contribution in [2.75, 3.05) is 32.9 Å². The molecule has 0 bridgehead atoms. The zero-order valence-corrected chi connectivity index (χ0v) is 33.1. The lowest BCUT2D eigenvalue weighted by Crippen LogP contribution is -2.23. The van der Waals surface area contributed by atoms with Gasteiger partial charge in [-0.25, -0.2) is 0 Å². The highest BCUT2D eigenvalue weighted by Gasteiger charge is 2.29. The van der Waals surface area contributed by atoms with Crippen LogP contribution in [0.25, 0.3) is 44.5 Å². The maximum atomic E-state index is 2.40. The van der Waals surface area contributed by atoms with Crippen LogP contribution in [0, 0.1) is 0 Å². The zero-order valence-electron chi connectivity index (χ0n) is 33.1. The second-order valence-electron chi connectivity index (χ2n) is 15.4. The van der Waals surface area contributed by atoms with Gasteiger partial charge in [-0.05, 0) is 123 Å². The van der Waals surface area contributed by atoms with Gasteiger partial charge in [-0.15, -0.1) is 0 Å². The Morgan fingerprint density at radius 2 is 0.500 bits per heavy atom. The SMILES string of the molecule is c1ccc(N2CN(c3ccc(-c4ccccc4-c4cccc(-c5ccccc5-c5ccc(N6CN(c7ccccc7)c7ccccc76)cc5)c4)cc3)c3ccccc32)cc1. The van der Waals surface area contributed by atoms with Crippen LogP contribution in [0.3, 0.4) is 0 Å². The molecule has 0 amide bonds. The van der Waals surface area contributed by atoms with Gasteiger partial charge in [0.25, 0.3) is 0 Å². The molecule has 2 aliphatic rings. The molecule has 9 aromatic carbocycles. The van der Waals surface area contributed by atoms with Gasteiger partial charge in [0.1, 0.15) is 13.3 Å². The van der Waals surface area contributed by atoms with Crippen molar-refractivity contribution in [2.45, 2.75) is 0 Å². The Morgan fingerprint density at radius 3 is 0.850 bits per heavy atom. The summed E-state index contributed by atoms with van der Waals surface area (Å²) in [5, 5.41) is 0. The van der Waals surface area contributed by atoms with Gasteiger partial charge in [0, 0.05) is 22.7 Å². The minimum Gasteiger partial charge on any atom is -0.321 e. The lowest BCUT2D eigenvalue weighted by molar-refractivity contribution is 0.991. The van der Waals surface area contributed by atoms with Crippen molar-refractivity contribution in [3.8, 4) is 44.5 Å². The van der Waals surface area contributed by atoms with Crippen LogP contribution in [0.2, 0.25) is 0 Å². The zero-order chi connectivity index (χ0) is 39.8. The van der Waals surface area contributed by atoms with Gasteiger partial charge in [0.2, 0.25) is 0 Å². The molecule has 60 heavy (non-hydrogen) atoms. The Bertz CT molecular complexity index is 2740. The molecule has 0 radical (unpaired) electrons. The number of para-hydroxylation sites is 6. The van der Waals surface area contributed by atoms with Crippen molar-refractivity contribution in [1.82, 2.24) is 0 Å². The molecule has 9 aromatic rings. The Hall–Kier alpha value is -7.82. The maximum Gasteiger partial charge on any atom is 0.100 e. The van der Waals surface area contributed by atoms with E-state index < -0.39 is 0 Å². The van der Waals surface area contributed by atoms with Crippen molar-refractivity contribution in [2.24, 2.45) is 0 Å². The summed E-state index contributed by atoms with van der Waals surface area (Å²) >= 11 is 0. The maximum absolute atomic E-state index is 2.40. The average Bonchev–Trinajstić information content (AvgIpc) is 3.92. The molecule has 4 nitrogen and oxygen atoms in total. The molecule has 0 N–H and O–H groups in total. The molecule has 286 valence electrons. The van der Waals surface area contributed by atoms with Crippen LogP contribution in [0.5, 0.6) is 0 Å². The number of rotatable bonds is 8. The molecule has 0 aromatic heterocycles. The van der Waals surface area contributed by atoms with Crippen LogP contribution in [0.4, 0.5) is 45.5 Å². The van der Waals surface area contributed by atoms with Gasteiger partial charge in [0.15, 0.2) is 0 Å². The fourth-order valence-electron chi connectivity index (χ4n) is 9.00. The number of hydrogen-bond donors (Lipinski definition) is 0. The monoisotopic (exact) mass is 770 g/mol. The first kappa shape index (κ1) is 35.4. The summed E-state index contributed by atoms with van der Waals surface area (Å²) in [5.41, 5.74) is 19.3. The van der Waals surface area contributed by atoms with Crippen molar-refractivity contribution in [3.05, 3.63) is 231 Å². The fourth-order valence-corrected chi connectivity index (χ4v) is 9.00. The predicted octanol–water partition coefficient (Wildman–Crippen LogP) is 14.8. The van der Waals surface area contributed by atoms with Crippen molar-refractivity contribution in [1.29, 1.82) is 0 Å². The summed E-state index contributed by atoms with van der Waals surface area (Å²) < 4.78 is 0. The van der Waals surface area contributed by atoms with E-state index in [1.54, 1.807) is 0 Å². The van der Waals surface area contributed by atoms with E-state index in [1.807, 2.05) is 0 Å². The quantitative estimate of drug-likeness (QED) is 0.153. The van der Waals surface area contributed by atoms with Crippen molar-refractivity contribution in [3.63, 3.8) is 0 Å².